The molecule has 0 radical (unpaired) electrons. The number of aryl methyl sites for hydroxylation is 1. The molecule has 2 N–H and O–H groups in total. The molecule has 10 heteroatoms. The minimum Gasteiger partial charge on any atom is -0.379 e. The van der Waals surface area contributed by atoms with Crippen LogP contribution in [-0.4, -0.2) is 63.8 Å². The van der Waals surface area contributed by atoms with E-state index in [2.05, 4.69) is 41.9 Å². The Morgan fingerprint density at radius 2 is 1.83 bits per heavy atom. The maximum atomic E-state index is 10.7. The maximum Gasteiger partial charge on any atom is 0.238 e. The first-order valence-corrected chi connectivity index (χ1v) is 12.8. The zero-order valence-corrected chi connectivity index (χ0v) is 21.7. The first-order chi connectivity index (χ1) is 16.9. The number of aromatic nitrogens is 4. The molecular weight excluding hydrogens is 448 g/mol. The Bertz CT molecular complexity index is 1010. The summed E-state index contributed by atoms with van der Waals surface area (Å²) >= 11 is 0. The summed E-state index contributed by atoms with van der Waals surface area (Å²) in [7, 11) is 0. The summed E-state index contributed by atoms with van der Waals surface area (Å²) in [4.78, 5) is 8.70. The van der Waals surface area contributed by atoms with Crippen molar-refractivity contribution in [1.82, 2.24) is 19.6 Å². The van der Waals surface area contributed by atoms with Gasteiger partial charge in [-0.3, -0.25) is 0 Å². The molecule has 1 aliphatic rings. The molecule has 1 fully saturated rings. The van der Waals surface area contributed by atoms with Crippen LogP contribution in [0.2, 0.25) is 0 Å². The highest BCUT2D eigenvalue weighted by Crippen LogP contribution is 2.50. The number of nitriles is 1. The summed E-state index contributed by atoms with van der Waals surface area (Å²) in [6.45, 7) is 11.9. The van der Waals surface area contributed by atoms with Crippen molar-refractivity contribution >= 4 is 11.6 Å². The van der Waals surface area contributed by atoms with Crippen LogP contribution in [0.5, 0.6) is 0 Å². The van der Waals surface area contributed by atoms with E-state index in [0.29, 0.717) is 43.5 Å². The van der Waals surface area contributed by atoms with Crippen LogP contribution in [0, 0.1) is 18.3 Å². The van der Waals surface area contributed by atoms with Gasteiger partial charge in [0.05, 0.1) is 18.5 Å². The van der Waals surface area contributed by atoms with E-state index in [1.807, 2.05) is 6.92 Å². The standard InChI is InChI=1S/C25H40N6O4/c1-6-9-12-32-16-19-21(33-13-10-7-2)24(5,34-14-11-8-3)25(17-26,35-19)20-15-28-22-18(4)29-23(27)30-31(20)22/h15,19,21H,6-14,16H2,1-5H3,(H2,27,30)/t19-,21-,24-,25+/m1/s1. The Morgan fingerprint density at radius 1 is 1.14 bits per heavy atom. The molecule has 2 aromatic heterocycles. The second-order valence-corrected chi connectivity index (χ2v) is 9.27. The normalized spacial score (nSPS) is 26.4. The van der Waals surface area contributed by atoms with Crippen molar-refractivity contribution in [2.45, 2.75) is 96.6 Å². The van der Waals surface area contributed by atoms with Crippen molar-refractivity contribution in [3.05, 3.63) is 17.6 Å². The van der Waals surface area contributed by atoms with Crippen LogP contribution >= 0.6 is 0 Å². The van der Waals surface area contributed by atoms with Gasteiger partial charge in [-0.25, -0.2) is 14.5 Å². The average molecular weight is 489 g/mol. The molecule has 3 rings (SSSR count). The van der Waals surface area contributed by atoms with Gasteiger partial charge in [0.2, 0.25) is 11.5 Å². The van der Waals surface area contributed by atoms with Gasteiger partial charge in [0.25, 0.3) is 0 Å². The van der Waals surface area contributed by atoms with Crippen LogP contribution in [0.4, 0.5) is 5.95 Å². The van der Waals surface area contributed by atoms with Crippen LogP contribution in [0.25, 0.3) is 5.65 Å². The first kappa shape index (κ1) is 27.3. The Morgan fingerprint density at radius 3 is 2.51 bits per heavy atom. The fourth-order valence-electron chi connectivity index (χ4n) is 4.55. The van der Waals surface area contributed by atoms with Gasteiger partial charge in [0.15, 0.2) is 5.65 Å². The molecule has 0 unspecified atom stereocenters. The van der Waals surface area contributed by atoms with Crippen molar-refractivity contribution in [2.24, 2.45) is 0 Å². The van der Waals surface area contributed by atoms with Crippen molar-refractivity contribution < 1.29 is 18.9 Å². The van der Waals surface area contributed by atoms with Crippen LogP contribution in [0.1, 0.15) is 77.6 Å². The minimum atomic E-state index is -1.55. The van der Waals surface area contributed by atoms with Crippen molar-refractivity contribution in [2.75, 3.05) is 32.2 Å². The number of imidazole rings is 1. The van der Waals surface area contributed by atoms with E-state index in [9.17, 15) is 5.26 Å². The van der Waals surface area contributed by atoms with Crippen LogP contribution in [0.3, 0.4) is 0 Å². The molecule has 3 heterocycles. The third-order valence-corrected chi connectivity index (χ3v) is 6.59. The highest BCUT2D eigenvalue weighted by Gasteiger charge is 2.68. The number of hydrogen-bond donors (Lipinski definition) is 1. The molecule has 35 heavy (non-hydrogen) atoms. The number of fused-ring (bicyclic) bond motifs is 1. The lowest BCUT2D eigenvalue weighted by molar-refractivity contribution is -0.160. The second kappa shape index (κ2) is 12.1. The lowest BCUT2D eigenvalue weighted by atomic mass is 9.79. The summed E-state index contributed by atoms with van der Waals surface area (Å²) in [6, 6.07) is 2.44. The predicted octanol–water partition coefficient (Wildman–Crippen LogP) is 3.71. The number of nitrogens with two attached hydrogens (primary N) is 1. The van der Waals surface area contributed by atoms with Gasteiger partial charge in [-0.1, -0.05) is 40.0 Å². The third-order valence-electron chi connectivity index (χ3n) is 6.59. The summed E-state index contributed by atoms with van der Waals surface area (Å²) in [5, 5.41) is 15.1. The minimum absolute atomic E-state index is 0.0872. The predicted molar refractivity (Wildman–Crippen MR) is 132 cm³/mol. The summed E-state index contributed by atoms with van der Waals surface area (Å²) < 4.78 is 27.0. The van der Waals surface area contributed by atoms with Gasteiger partial charge in [-0.05, 0) is 33.1 Å². The van der Waals surface area contributed by atoms with E-state index in [4.69, 9.17) is 24.7 Å². The SMILES string of the molecule is CCCCOC[C@H]1O[C@@](C#N)(c2cnc3c(C)nc(N)nn23)[C@](C)(OCCCC)[C@@H]1OCCCC. The van der Waals surface area contributed by atoms with E-state index >= 15 is 0 Å². The molecule has 4 atom stereocenters. The molecule has 2 aromatic rings. The molecular formula is C25H40N6O4. The number of rotatable bonds is 14. The molecule has 10 nitrogen and oxygen atoms in total. The number of nitrogen functional groups attached to an aromatic ring is 1. The van der Waals surface area contributed by atoms with Gasteiger partial charge < -0.3 is 24.7 Å². The third kappa shape index (κ3) is 5.28. The Balaban J connectivity index is 2.11. The lowest BCUT2D eigenvalue weighted by Crippen LogP contribution is -2.55. The molecule has 0 amide bonds. The largest absolute Gasteiger partial charge is 0.379 e. The number of nitrogens with zero attached hydrogens (tertiary/aromatic N) is 5. The monoisotopic (exact) mass is 488 g/mol. The fraction of sp³-hybridized carbons (Fsp3) is 0.760. The van der Waals surface area contributed by atoms with Gasteiger partial charge >= 0.3 is 0 Å². The van der Waals surface area contributed by atoms with E-state index < -0.39 is 23.4 Å². The van der Waals surface area contributed by atoms with Gasteiger partial charge in [0, 0.05) is 19.8 Å². The van der Waals surface area contributed by atoms with Crippen molar-refractivity contribution in [3.63, 3.8) is 0 Å². The molecule has 0 saturated carbocycles. The van der Waals surface area contributed by atoms with Crippen molar-refractivity contribution in [3.8, 4) is 6.07 Å². The summed E-state index contributed by atoms with van der Waals surface area (Å²) in [5.41, 5.74) is 4.82. The Kier molecular flexibility index (Phi) is 9.41. The zero-order chi connectivity index (χ0) is 25.5. The smallest absolute Gasteiger partial charge is 0.238 e. The zero-order valence-electron chi connectivity index (χ0n) is 21.7. The van der Waals surface area contributed by atoms with Gasteiger partial charge in [-0.15, -0.1) is 5.10 Å². The number of unbranched alkanes of at least 4 members (excludes halogenated alkanes) is 3. The molecule has 0 aliphatic carbocycles. The number of ether oxygens (including phenoxy) is 4. The van der Waals surface area contributed by atoms with E-state index in [0.717, 1.165) is 38.5 Å². The van der Waals surface area contributed by atoms with E-state index in [1.165, 1.54) is 0 Å². The number of hydrogen-bond acceptors (Lipinski definition) is 9. The van der Waals surface area contributed by atoms with E-state index in [1.54, 1.807) is 17.6 Å². The summed E-state index contributed by atoms with van der Waals surface area (Å²) in [6.07, 6.45) is 6.23. The number of anilines is 1. The molecule has 1 aliphatic heterocycles. The van der Waals surface area contributed by atoms with E-state index in [-0.39, 0.29) is 5.95 Å². The van der Waals surface area contributed by atoms with Crippen LogP contribution in [-0.2, 0) is 24.5 Å². The van der Waals surface area contributed by atoms with Crippen LogP contribution < -0.4 is 5.73 Å². The Hall–Kier alpha value is -2.32. The second-order valence-electron chi connectivity index (χ2n) is 9.27. The molecule has 194 valence electrons. The highest BCUT2D eigenvalue weighted by molar-refractivity contribution is 5.48. The average Bonchev–Trinajstić information content (AvgIpc) is 3.35. The molecule has 0 spiro atoms. The van der Waals surface area contributed by atoms with Gasteiger partial charge in [0.1, 0.15) is 29.6 Å². The molecule has 1 saturated heterocycles. The van der Waals surface area contributed by atoms with Crippen LogP contribution in [0.15, 0.2) is 6.20 Å². The lowest BCUT2D eigenvalue weighted by Gasteiger charge is -2.39. The first-order valence-electron chi connectivity index (χ1n) is 12.8. The summed E-state index contributed by atoms with van der Waals surface area (Å²) in [5.74, 6) is 0.0872. The van der Waals surface area contributed by atoms with Gasteiger partial charge in [-0.2, -0.15) is 5.26 Å². The Labute approximate surface area is 208 Å². The highest BCUT2D eigenvalue weighted by atomic mass is 16.6. The fourth-order valence-corrected chi connectivity index (χ4v) is 4.55. The quantitative estimate of drug-likeness (QED) is 0.395. The maximum absolute atomic E-state index is 10.7. The van der Waals surface area contributed by atoms with Crippen molar-refractivity contribution in [1.29, 1.82) is 5.26 Å². The topological polar surface area (TPSA) is 130 Å². The molecule has 0 bridgehead atoms. The molecule has 0 aromatic carbocycles.